The number of aromatic nitrogens is 1. The van der Waals surface area contributed by atoms with E-state index in [4.69, 9.17) is 4.74 Å². The molecule has 1 rings (SSSR count). The molecule has 0 fully saturated rings. The van der Waals surface area contributed by atoms with Crippen LogP contribution in [0.5, 0.6) is 5.75 Å². The van der Waals surface area contributed by atoms with Crippen LogP contribution in [0.2, 0.25) is 0 Å². The average Bonchev–Trinajstić information content (AvgIpc) is 2.05. The molecule has 0 aliphatic rings. The van der Waals surface area contributed by atoms with Gasteiger partial charge in [-0.15, -0.1) is 5.92 Å². The van der Waals surface area contributed by atoms with Gasteiger partial charge in [-0.2, -0.15) is 0 Å². The molecule has 1 aromatic heterocycles. The minimum absolute atomic E-state index is 0.432. The highest BCUT2D eigenvalue weighted by Crippen LogP contribution is 2.09. The summed E-state index contributed by atoms with van der Waals surface area (Å²) < 4.78 is 5.29. The number of hydrogen-bond acceptors (Lipinski definition) is 2. The highest BCUT2D eigenvalue weighted by Gasteiger charge is 1.91. The average molecular weight is 161 g/mol. The van der Waals surface area contributed by atoms with E-state index in [1.807, 2.05) is 13.0 Å². The first kappa shape index (κ1) is 8.61. The minimum Gasteiger partial charge on any atom is -0.479 e. The van der Waals surface area contributed by atoms with Crippen molar-refractivity contribution in [2.45, 2.75) is 13.8 Å². The fourth-order valence-corrected chi connectivity index (χ4v) is 0.798. The van der Waals surface area contributed by atoms with Gasteiger partial charge in [0, 0.05) is 6.20 Å². The predicted molar refractivity (Wildman–Crippen MR) is 47.9 cm³/mol. The molecule has 0 atom stereocenters. The van der Waals surface area contributed by atoms with Gasteiger partial charge in [-0.1, -0.05) is 5.92 Å². The van der Waals surface area contributed by atoms with Crippen LogP contribution in [0.25, 0.3) is 0 Å². The molecule has 0 saturated carbocycles. The monoisotopic (exact) mass is 161 g/mol. The molecule has 0 bridgehead atoms. The van der Waals surface area contributed by atoms with Gasteiger partial charge in [-0.3, -0.25) is 4.98 Å². The maximum atomic E-state index is 5.29. The van der Waals surface area contributed by atoms with Crippen LogP contribution in [0.1, 0.15) is 12.5 Å². The molecule has 0 aliphatic carbocycles. The molecule has 62 valence electrons. The molecule has 0 N–H and O–H groups in total. The number of rotatable bonds is 2. The third-order valence-electron chi connectivity index (χ3n) is 1.34. The molecule has 0 radical (unpaired) electrons. The molecule has 0 amide bonds. The van der Waals surface area contributed by atoms with Gasteiger partial charge in [0.05, 0.1) is 6.20 Å². The lowest BCUT2D eigenvalue weighted by Crippen LogP contribution is -1.94. The molecule has 0 aliphatic heterocycles. The zero-order valence-corrected chi connectivity index (χ0v) is 7.29. The maximum absolute atomic E-state index is 5.29. The van der Waals surface area contributed by atoms with Crippen LogP contribution in [-0.2, 0) is 0 Å². The Balaban J connectivity index is 2.55. The van der Waals surface area contributed by atoms with E-state index in [2.05, 4.69) is 16.8 Å². The van der Waals surface area contributed by atoms with Crippen molar-refractivity contribution in [1.82, 2.24) is 4.98 Å². The first-order chi connectivity index (χ1) is 5.83. The second kappa shape index (κ2) is 4.40. The summed E-state index contributed by atoms with van der Waals surface area (Å²) in [5.41, 5.74) is 1.09. The van der Waals surface area contributed by atoms with E-state index in [-0.39, 0.29) is 0 Å². The molecular formula is C10H11NO. The molecule has 0 unspecified atom stereocenters. The normalized spacial score (nSPS) is 8.50. The third-order valence-corrected chi connectivity index (χ3v) is 1.34. The molecule has 0 saturated heterocycles. The van der Waals surface area contributed by atoms with Crippen molar-refractivity contribution in [3.05, 3.63) is 24.0 Å². The predicted octanol–water partition coefficient (Wildman–Crippen LogP) is 1.79. The summed E-state index contributed by atoms with van der Waals surface area (Å²) >= 11 is 0. The minimum atomic E-state index is 0.432. The standard InChI is InChI=1S/C10H11NO/c1-3-4-5-12-10-6-9(2)7-11-8-10/h6-8H,5H2,1-2H3. The Morgan fingerprint density at radius 3 is 3.00 bits per heavy atom. The van der Waals surface area contributed by atoms with Crippen molar-refractivity contribution in [3.63, 3.8) is 0 Å². The van der Waals surface area contributed by atoms with Crippen LogP contribution in [0.4, 0.5) is 0 Å². The first-order valence-electron chi connectivity index (χ1n) is 3.77. The van der Waals surface area contributed by atoms with Crippen molar-refractivity contribution in [2.75, 3.05) is 6.61 Å². The summed E-state index contributed by atoms with van der Waals surface area (Å²) in [6.07, 6.45) is 3.47. The SMILES string of the molecule is CC#CCOc1cncc(C)c1. The van der Waals surface area contributed by atoms with E-state index in [1.54, 1.807) is 19.3 Å². The summed E-state index contributed by atoms with van der Waals surface area (Å²) in [6.45, 7) is 4.20. The van der Waals surface area contributed by atoms with E-state index in [0.29, 0.717) is 6.61 Å². The van der Waals surface area contributed by atoms with Crippen molar-refractivity contribution < 1.29 is 4.74 Å². The highest BCUT2D eigenvalue weighted by atomic mass is 16.5. The molecule has 1 aromatic rings. The Morgan fingerprint density at radius 2 is 2.33 bits per heavy atom. The van der Waals surface area contributed by atoms with Crippen molar-refractivity contribution in [1.29, 1.82) is 0 Å². The summed E-state index contributed by atoms with van der Waals surface area (Å²) in [6, 6.07) is 1.93. The van der Waals surface area contributed by atoms with Gasteiger partial charge >= 0.3 is 0 Å². The van der Waals surface area contributed by atoms with Crippen molar-refractivity contribution in [2.24, 2.45) is 0 Å². The fraction of sp³-hybridized carbons (Fsp3) is 0.300. The van der Waals surface area contributed by atoms with Gasteiger partial charge in [0.2, 0.25) is 0 Å². The van der Waals surface area contributed by atoms with Gasteiger partial charge in [-0.05, 0) is 25.5 Å². The first-order valence-corrected chi connectivity index (χ1v) is 3.77. The van der Waals surface area contributed by atoms with Crippen LogP contribution in [0.3, 0.4) is 0 Å². The summed E-state index contributed by atoms with van der Waals surface area (Å²) in [5.74, 6) is 6.35. The molecule has 2 heteroatoms. The number of ether oxygens (including phenoxy) is 1. The number of pyridine rings is 1. The zero-order valence-electron chi connectivity index (χ0n) is 7.29. The van der Waals surface area contributed by atoms with Crippen LogP contribution in [-0.4, -0.2) is 11.6 Å². The van der Waals surface area contributed by atoms with E-state index >= 15 is 0 Å². The largest absolute Gasteiger partial charge is 0.479 e. The molecule has 12 heavy (non-hydrogen) atoms. The van der Waals surface area contributed by atoms with E-state index in [9.17, 15) is 0 Å². The Labute approximate surface area is 72.6 Å². The number of hydrogen-bond donors (Lipinski definition) is 0. The quantitative estimate of drug-likeness (QED) is 0.617. The summed E-state index contributed by atoms with van der Waals surface area (Å²) in [4.78, 5) is 3.99. The number of nitrogens with zero attached hydrogens (tertiary/aromatic N) is 1. The van der Waals surface area contributed by atoms with Crippen molar-refractivity contribution >= 4 is 0 Å². The van der Waals surface area contributed by atoms with Gasteiger partial charge in [0.1, 0.15) is 12.4 Å². The molecule has 0 spiro atoms. The van der Waals surface area contributed by atoms with Gasteiger partial charge < -0.3 is 4.74 Å². The Bertz CT molecular complexity index is 309. The van der Waals surface area contributed by atoms with E-state index in [1.165, 1.54) is 0 Å². The van der Waals surface area contributed by atoms with E-state index < -0.39 is 0 Å². The van der Waals surface area contributed by atoms with Gasteiger partial charge in [-0.25, -0.2) is 0 Å². The van der Waals surface area contributed by atoms with Crippen LogP contribution in [0, 0.1) is 18.8 Å². The van der Waals surface area contributed by atoms with Gasteiger partial charge in [0.15, 0.2) is 0 Å². The lowest BCUT2D eigenvalue weighted by Gasteiger charge is -2.00. The second-order valence-corrected chi connectivity index (χ2v) is 2.41. The lowest BCUT2D eigenvalue weighted by molar-refractivity contribution is 0.368. The number of aryl methyl sites for hydroxylation is 1. The van der Waals surface area contributed by atoms with Crippen LogP contribution < -0.4 is 4.74 Å². The fourth-order valence-electron chi connectivity index (χ4n) is 0.798. The molecule has 2 nitrogen and oxygen atoms in total. The molecule has 1 heterocycles. The lowest BCUT2D eigenvalue weighted by atomic mass is 10.3. The summed E-state index contributed by atoms with van der Waals surface area (Å²) in [5, 5.41) is 0. The topological polar surface area (TPSA) is 22.1 Å². The smallest absolute Gasteiger partial charge is 0.149 e. The highest BCUT2D eigenvalue weighted by molar-refractivity contribution is 5.22. The van der Waals surface area contributed by atoms with Crippen LogP contribution >= 0.6 is 0 Å². The Kier molecular flexibility index (Phi) is 3.16. The van der Waals surface area contributed by atoms with Crippen LogP contribution in [0.15, 0.2) is 18.5 Å². The molecule has 0 aromatic carbocycles. The maximum Gasteiger partial charge on any atom is 0.149 e. The van der Waals surface area contributed by atoms with E-state index in [0.717, 1.165) is 11.3 Å². The molecular weight excluding hydrogens is 150 g/mol. The van der Waals surface area contributed by atoms with Crippen molar-refractivity contribution in [3.8, 4) is 17.6 Å². The zero-order chi connectivity index (χ0) is 8.81. The Hall–Kier alpha value is -1.49. The third kappa shape index (κ3) is 2.63. The summed E-state index contributed by atoms with van der Waals surface area (Å²) in [7, 11) is 0. The second-order valence-electron chi connectivity index (χ2n) is 2.41. The van der Waals surface area contributed by atoms with Gasteiger partial charge in [0.25, 0.3) is 0 Å². The Morgan fingerprint density at radius 1 is 1.50 bits per heavy atom.